The van der Waals surface area contributed by atoms with E-state index in [1.807, 2.05) is 32.0 Å². The van der Waals surface area contributed by atoms with Gasteiger partial charge in [-0.1, -0.05) is 6.92 Å². The molecule has 1 fully saturated rings. The van der Waals surface area contributed by atoms with Crippen molar-refractivity contribution in [3.63, 3.8) is 0 Å². The van der Waals surface area contributed by atoms with Gasteiger partial charge in [0.15, 0.2) is 0 Å². The number of nitrogens with one attached hydrogen (secondary N) is 1. The number of nitrogen functional groups attached to an aromatic ring is 1. The molecule has 0 radical (unpaired) electrons. The minimum absolute atomic E-state index is 0.171. The van der Waals surface area contributed by atoms with Crippen LogP contribution >= 0.6 is 0 Å². The number of anilines is 2. The second-order valence-corrected chi connectivity index (χ2v) is 5.65. The minimum atomic E-state index is 0.171. The summed E-state index contributed by atoms with van der Waals surface area (Å²) < 4.78 is 5.68. The molecule has 3 N–H and O–H groups in total. The fourth-order valence-electron chi connectivity index (χ4n) is 2.18. The first-order valence-electron chi connectivity index (χ1n) is 6.85. The van der Waals surface area contributed by atoms with Gasteiger partial charge in [0, 0.05) is 30.1 Å². The SMILES string of the molecule is CC(C)Oc1cc(N)cc(NCC(C)C2CC2)c1. The number of benzene rings is 1. The third-order valence-corrected chi connectivity index (χ3v) is 3.36. The molecule has 100 valence electrons. The molecule has 1 unspecified atom stereocenters. The van der Waals surface area contributed by atoms with E-state index in [2.05, 4.69) is 12.2 Å². The lowest BCUT2D eigenvalue weighted by molar-refractivity contribution is 0.242. The molecule has 0 aromatic heterocycles. The highest BCUT2D eigenvalue weighted by atomic mass is 16.5. The first-order chi connectivity index (χ1) is 8.54. The summed E-state index contributed by atoms with van der Waals surface area (Å²) in [6, 6.07) is 5.86. The highest BCUT2D eigenvalue weighted by Gasteiger charge is 2.27. The van der Waals surface area contributed by atoms with Crippen LogP contribution in [0.5, 0.6) is 5.75 Å². The van der Waals surface area contributed by atoms with E-state index in [0.717, 1.165) is 35.5 Å². The molecule has 18 heavy (non-hydrogen) atoms. The summed E-state index contributed by atoms with van der Waals surface area (Å²) >= 11 is 0. The van der Waals surface area contributed by atoms with E-state index in [1.54, 1.807) is 0 Å². The molecule has 0 bridgehead atoms. The molecule has 0 spiro atoms. The number of ether oxygens (including phenoxy) is 1. The van der Waals surface area contributed by atoms with Gasteiger partial charge in [-0.15, -0.1) is 0 Å². The van der Waals surface area contributed by atoms with Crippen LogP contribution in [0.3, 0.4) is 0 Å². The van der Waals surface area contributed by atoms with Crippen LogP contribution < -0.4 is 15.8 Å². The van der Waals surface area contributed by atoms with Crippen LogP contribution in [-0.2, 0) is 0 Å². The summed E-state index contributed by atoms with van der Waals surface area (Å²) in [4.78, 5) is 0. The first kappa shape index (κ1) is 13.1. The van der Waals surface area contributed by atoms with Crippen LogP contribution in [0, 0.1) is 11.8 Å². The maximum atomic E-state index is 5.89. The van der Waals surface area contributed by atoms with Crippen molar-refractivity contribution >= 4 is 11.4 Å². The molecule has 0 aliphatic heterocycles. The molecule has 0 amide bonds. The van der Waals surface area contributed by atoms with Crippen molar-refractivity contribution in [2.75, 3.05) is 17.6 Å². The molecule has 0 heterocycles. The first-order valence-corrected chi connectivity index (χ1v) is 6.85. The summed E-state index contributed by atoms with van der Waals surface area (Å²) in [6.45, 7) is 7.36. The topological polar surface area (TPSA) is 47.3 Å². The molecule has 0 saturated heterocycles. The second-order valence-electron chi connectivity index (χ2n) is 5.65. The molecule has 1 aliphatic carbocycles. The van der Waals surface area contributed by atoms with E-state index in [4.69, 9.17) is 10.5 Å². The Morgan fingerprint density at radius 1 is 1.28 bits per heavy atom. The third-order valence-electron chi connectivity index (χ3n) is 3.36. The highest BCUT2D eigenvalue weighted by Crippen LogP contribution is 2.36. The largest absolute Gasteiger partial charge is 0.491 e. The molecular weight excluding hydrogens is 224 g/mol. The highest BCUT2D eigenvalue weighted by molar-refractivity contribution is 5.59. The number of hydrogen-bond acceptors (Lipinski definition) is 3. The van der Waals surface area contributed by atoms with Gasteiger partial charge in [0.25, 0.3) is 0 Å². The van der Waals surface area contributed by atoms with Gasteiger partial charge in [-0.25, -0.2) is 0 Å². The molecule has 1 saturated carbocycles. The fraction of sp³-hybridized carbons (Fsp3) is 0.600. The van der Waals surface area contributed by atoms with Gasteiger partial charge in [0.1, 0.15) is 5.75 Å². The van der Waals surface area contributed by atoms with Gasteiger partial charge in [-0.2, -0.15) is 0 Å². The molecule has 3 nitrogen and oxygen atoms in total. The molecule has 2 rings (SSSR count). The van der Waals surface area contributed by atoms with E-state index in [0.29, 0.717) is 0 Å². The maximum Gasteiger partial charge on any atom is 0.123 e. The van der Waals surface area contributed by atoms with E-state index in [1.165, 1.54) is 12.8 Å². The van der Waals surface area contributed by atoms with Gasteiger partial charge in [0.05, 0.1) is 6.10 Å². The van der Waals surface area contributed by atoms with E-state index in [-0.39, 0.29) is 6.10 Å². The van der Waals surface area contributed by atoms with Crippen molar-refractivity contribution in [3.05, 3.63) is 18.2 Å². The Balaban J connectivity index is 1.95. The second kappa shape index (κ2) is 5.51. The number of nitrogens with two attached hydrogens (primary N) is 1. The zero-order chi connectivity index (χ0) is 13.1. The lowest BCUT2D eigenvalue weighted by Crippen LogP contribution is -2.13. The Kier molecular flexibility index (Phi) is 4.00. The Hall–Kier alpha value is -1.38. The van der Waals surface area contributed by atoms with Crippen LogP contribution in [0.4, 0.5) is 11.4 Å². The number of hydrogen-bond donors (Lipinski definition) is 2. The van der Waals surface area contributed by atoms with Crippen molar-refractivity contribution in [2.45, 2.75) is 39.7 Å². The van der Waals surface area contributed by atoms with Crippen molar-refractivity contribution in [1.82, 2.24) is 0 Å². The molecule has 1 aliphatic rings. The lowest BCUT2D eigenvalue weighted by atomic mass is 10.1. The van der Waals surface area contributed by atoms with Crippen molar-refractivity contribution in [1.29, 1.82) is 0 Å². The number of rotatable bonds is 6. The van der Waals surface area contributed by atoms with Crippen molar-refractivity contribution < 1.29 is 4.74 Å². The summed E-state index contributed by atoms with van der Waals surface area (Å²) in [7, 11) is 0. The fourth-order valence-corrected chi connectivity index (χ4v) is 2.18. The van der Waals surface area contributed by atoms with Crippen LogP contribution in [0.25, 0.3) is 0 Å². The summed E-state index contributed by atoms with van der Waals surface area (Å²) in [6.07, 6.45) is 2.95. The van der Waals surface area contributed by atoms with Crippen LogP contribution in [0.15, 0.2) is 18.2 Å². The average Bonchev–Trinajstić information content (AvgIpc) is 3.07. The van der Waals surface area contributed by atoms with Crippen LogP contribution in [0.2, 0.25) is 0 Å². The third kappa shape index (κ3) is 3.83. The normalized spacial score (nSPS) is 16.7. The smallest absolute Gasteiger partial charge is 0.123 e. The Morgan fingerprint density at radius 3 is 2.61 bits per heavy atom. The minimum Gasteiger partial charge on any atom is -0.491 e. The monoisotopic (exact) mass is 248 g/mol. The molecule has 1 atom stereocenters. The molecule has 1 aromatic rings. The standard InChI is InChI=1S/C15H24N2O/c1-10(2)18-15-7-13(16)6-14(8-15)17-9-11(3)12-4-5-12/h6-8,10-12,17H,4-5,9,16H2,1-3H3. The Bertz CT molecular complexity index is 399. The summed E-state index contributed by atoms with van der Waals surface area (Å²) in [5, 5.41) is 3.46. The summed E-state index contributed by atoms with van der Waals surface area (Å²) in [5.41, 5.74) is 7.69. The quantitative estimate of drug-likeness (QED) is 0.757. The Labute approximate surface area is 110 Å². The van der Waals surface area contributed by atoms with Gasteiger partial charge >= 0.3 is 0 Å². The van der Waals surface area contributed by atoms with Crippen LogP contribution in [0.1, 0.15) is 33.6 Å². The summed E-state index contributed by atoms with van der Waals surface area (Å²) in [5.74, 6) is 2.50. The predicted octanol–water partition coefficient (Wildman–Crippen LogP) is 3.51. The van der Waals surface area contributed by atoms with E-state index < -0.39 is 0 Å². The van der Waals surface area contributed by atoms with E-state index in [9.17, 15) is 0 Å². The maximum absolute atomic E-state index is 5.89. The molecule has 1 aromatic carbocycles. The van der Waals surface area contributed by atoms with Crippen molar-refractivity contribution in [2.24, 2.45) is 11.8 Å². The molecular formula is C15H24N2O. The van der Waals surface area contributed by atoms with E-state index >= 15 is 0 Å². The van der Waals surface area contributed by atoms with Gasteiger partial charge in [0.2, 0.25) is 0 Å². The molecule has 3 heteroatoms. The van der Waals surface area contributed by atoms with Crippen molar-refractivity contribution in [3.8, 4) is 5.75 Å². The zero-order valence-electron chi connectivity index (χ0n) is 11.6. The van der Waals surface area contributed by atoms with Gasteiger partial charge in [-0.05, 0) is 44.6 Å². The van der Waals surface area contributed by atoms with Crippen LogP contribution in [-0.4, -0.2) is 12.6 Å². The zero-order valence-corrected chi connectivity index (χ0v) is 11.6. The van der Waals surface area contributed by atoms with Gasteiger partial charge in [-0.3, -0.25) is 0 Å². The van der Waals surface area contributed by atoms with Gasteiger partial charge < -0.3 is 15.8 Å². The predicted molar refractivity (Wildman–Crippen MR) is 77.0 cm³/mol. The Morgan fingerprint density at radius 2 is 2.00 bits per heavy atom. The lowest BCUT2D eigenvalue weighted by Gasteiger charge is -2.15. The average molecular weight is 248 g/mol.